The second-order valence-corrected chi connectivity index (χ2v) is 25.7. The van der Waals surface area contributed by atoms with Gasteiger partial charge in [0.25, 0.3) is 0 Å². The first kappa shape index (κ1) is 83.5. The van der Waals surface area contributed by atoms with Gasteiger partial charge in [0.15, 0.2) is 18.9 Å². The molecule has 0 aromatic heterocycles. The molecule has 3 aliphatic rings. The predicted octanol–water partition coefficient (Wildman–Crippen LogP) is 10.1. The lowest BCUT2D eigenvalue weighted by molar-refractivity contribution is -0.379. The number of amides is 1. The van der Waals surface area contributed by atoms with Crippen molar-refractivity contribution in [3.05, 3.63) is 72.9 Å². The van der Waals surface area contributed by atoms with E-state index in [2.05, 4.69) is 79.9 Å². The largest absolute Gasteiger partial charge is 0.394 e. The highest BCUT2D eigenvalue weighted by molar-refractivity contribution is 5.76. The van der Waals surface area contributed by atoms with Gasteiger partial charge in [-0.05, 0) is 83.5 Å². The molecule has 0 aromatic carbocycles. The standard InChI is InChI=1S/C73H129NO18/c1-3-5-7-9-11-13-15-17-19-21-22-23-24-25-26-27-28-29-30-31-32-33-34-35-37-39-41-43-45-47-49-51-61(79)74-56(57(78)50-48-46-44-42-40-38-36-20-18-16-14-12-10-8-6-4-2)55-87-71-67(85)64(82)69(59(53-76)89-71)92-73-68(86)65(83)70(60(54-77)90-73)91-72-66(84)63(81)62(80)58(52-75)88-72/h15,17-18,20-22,24-25,40,42,48,50,56-60,62-73,75-78,80-86H,3-14,16,19,23,26-39,41,43-47,49,51-55H2,1-2H3,(H,74,79)/b17-15-,20-18+,22-21-,25-24-,42-40+,50-48+. The molecule has 92 heavy (non-hydrogen) atoms. The van der Waals surface area contributed by atoms with Crippen molar-refractivity contribution in [3.8, 4) is 0 Å². The van der Waals surface area contributed by atoms with Crippen LogP contribution in [0.1, 0.15) is 251 Å². The van der Waals surface area contributed by atoms with E-state index in [1.807, 2.05) is 6.08 Å². The Morgan fingerprint density at radius 2 is 0.728 bits per heavy atom. The molecule has 1 amide bonds. The van der Waals surface area contributed by atoms with E-state index in [0.717, 1.165) is 57.8 Å². The summed E-state index contributed by atoms with van der Waals surface area (Å²) >= 11 is 0. The summed E-state index contributed by atoms with van der Waals surface area (Å²) in [6.45, 7) is 1.69. The van der Waals surface area contributed by atoms with Crippen molar-refractivity contribution < 1.29 is 89.4 Å². The maximum Gasteiger partial charge on any atom is 0.220 e. The number of carbonyl (C=O) groups is 1. The molecule has 3 heterocycles. The van der Waals surface area contributed by atoms with Crippen molar-refractivity contribution in [2.45, 2.75) is 356 Å². The van der Waals surface area contributed by atoms with E-state index >= 15 is 0 Å². The molecular weight excluding hydrogens is 1180 g/mol. The molecule has 534 valence electrons. The number of rotatable bonds is 55. The predicted molar refractivity (Wildman–Crippen MR) is 360 cm³/mol. The first-order valence-corrected chi connectivity index (χ1v) is 36.2. The molecule has 0 saturated carbocycles. The minimum Gasteiger partial charge on any atom is -0.394 e. The molecule has 3 rings (SSSR count). The zero-order chi connectivity index (χ0) is 66.8. The van der Waals surface area contributed by atoms with Gasteiger partial charge in [0, 0.05) is 6.42 Å². The number of ether oxygens (including phenoxy) is 6. The summed E-state index contributed by atoms with van der Waals surface area (Å²) in [5.74, 6) is -0.290. The van der Waals surface area contributed by atoms with Crippen LogP contribution in [0.5, 0.6) is 0 Å². The van der Waals surface area contributed by atoms with Gasteiger partial charge in [-0.15, -0.1) is 0 Å². The van der Waals surface area contributed by atoms with Gasteiger partial charge in [0.05, 0.1) is 38.6 Å². The van der Waals surface area contributed by atoms with Crippen molar-refractivity contribution in [2.75, 3.05) is 26.4 Å². The Hall–Kier alpha value is -2.77. The third-order valence-corrected chi connectivity index (χ3v) is 17.7. The molecule has 19 nitrogen and oxygen atoms in total. The highest BCUT2D eigenvalue weighted by atomic mass is 16.8. The van der Waals surface area contributed by atoms with Gasteiger partial charge in [-0.1, -0.05) is 234 Å². The quantitative estimate of drug-likeness (QED) is 0.0199. The van der Waals surface area contributed by atoms with Crippen LogP contribution >= 0.6 is 0 Å². The molecule has 3 saturated heterocycles. The van der Waals surface area contributed by atoms with E-state index in [1.165, 1.54) is 161 Å². The van der Waals surface area contributed by atoms with Gasteiger partial charge in [-0.3, -0.25) is 4.79 Å². The second-order valence-electron chi connectivity index (χ2n) is 25.7. The Morgan fingerprint density at radius 1 is 0.391 bits per heavy atom. The van der Waals surface area contributed by atoms with Gasteiger partial charge in [-0.2, -0.15) is 0 Å². The summed E-state index contributed by atoms with van der Waals surface area (Å²) in [4.78, 5) is 13.4. The third-order valence-electron chi connectivity index (χ3n) is 17.7. The Morgan fingerprint density at radius 3 is 1.16 bits per heavy atom. The van der Waals surface area contributed by atoms with E-state index < -0.39 is 124 Å². The summed E-state index contributed by atoms with van der Waals surface area (Å²) in [5, 5.41) is 120. The van der Waals surface area contributed by atoms with Crippen LogP contribution in [0.4, 0.5) is 0 Å². The lowest BCUT2D eigenvalue weighted by Gasteiger charge is -2.48. The average molecular weight is 1310 g/mol. The Labute approximate surface area is 553 Å². The lowest BCUT2D eigenvalue weighted by Crippen LogP contribution is -2.66. The van der Waals surface area contributed by atoms with Crippen LogP contribution in [0, 0.1) is 0 Å². The Kier molecular flexibility index (Phi) is 49.2. The van der Waals surface area contributed by atoms with Crippen LogP contribution in [0.2, 0.25) is 0 Å². The van der Waals surface area contributed by atoms with Crippen molar-refractivity contribution in [1.29, 1.82) is 0 Å². The van der Waals surface area contributed by atoms with E-state index in [4.69, 9.17) is 28.4 Å². The monoisotopic (exact) mass is 1310 g/mol. The average Bonchev–Trinajstić information content (AvgIpc) is 0.834. The number of hydrogen-bond acceptors (Lipinski definition) is 18. The molecule has 0 radical (unpaired) electrons. The van der Waals surface area contributed by atoms with Crippen molar-refractivity contribution in [2.24, 2.45) is 0 Å². The Bertz CT molecular complexity index is 1950. The molecule has 19 heteroatoms. The SMILES string of the molecule is CCCCCCC/C=C\C/C=C\C/C=C\CCCCCCCCCCCCCCCCCCC(=O)NC(COC1OC(CO)C(OC2OC(CO)C(OC3OC(CO)C(O)C(O)C3O)C(O)C2O)C(O)C1O)C(O)/C=C/CC/C=C/CC/C=C/CCCCCCCC. The normalized spacial score (nSPS) is 28.1. The highest BCUT2D eigenvalue weighted by Crippen LogP contribution is 2.33. The maximum atomic E-state index is 13.4. The number of hydrogen-bond donors (Lipinski definition) is 12. The number of unbranched alkanes of at least 4 members (excludes halogenated alkanes) is 29. The van der Waals surface area contributed by atoms with E-state index in [-0.39, 0.29) is 18.9 Å². The minimum atomic E-state index is -1.98. The molecule has 3 fully saturated rings. The molecule has 17 atom stereocenters. The first-order valence-electron chi connectivity index (χ1n) is 36.2. The number of carbonyl (C=O) groups excluding carboxylic acids is 1. The second kappa shape index (κ2) is 54.3. The number of allylic oxidation sites excluding steroid dienone is 11. The van der Waals surface area contributed by atoms with Crippen molar-refractivity contribution >= 4 is 5.91 Å². The topological polar surface area (TPSA) is 307 Å². The zero-order valence-electron chi connectivity index (χ0n) is 56.5. The van der Waals surface area contributed by atoms with Crippen LogP contribution in [0.25, 0.3) is 0 Å². The first-order chi connectivity index (χ1) is 44.8. The summed E-state index contributed by atoms with van der Waals surface area (Å²) in [6, 6.07) is -0.999. The fraction of sp³-hybridized carbons (Fsp3) is 0.822. The number of nitrogens with one attached hydrogen (secondary N) is 1. The molecule has 0 aliphatic carbocycles. The summed E-state index contributed by atoms with van der Waals surface area (Å²) < 4.78 is 34.3. The fourth-order valence-electron chi connectivity index (χ4n) is 11.8. The van der Waals surface area contributed by atoms with Crippen LogP contribution < -0.4 is 5.32 Å². The van der Waals surface area contributed by atoms with Crippen LogP contribution in [0.3, 0.4) is 0 Å². The van der Waals surface area contributed by atoms with E-state index in [0.29, 0.717) is 12.8 Å². The molecule has 0 spiro atoms. The van der Waals surface area contributed by atoms with Gasteiger partial charge in [-0.25, -0.2) is 0 Å². The molecule has 0 aromatic rings. The van der Waals surface area contributed by atoms with Crippen LogP contribution in [-0.4, -0.2) is 193 Å². The van der Waals surface area contributed by atoms with Gasteiger partial charge in [0.1, 0.15) is 73.2 Å². The number of aliphatic hydroxyl groups excluding tert-OH is 11. The minimum absolute atomic E-state index is 0.230. The maximum absolute atomic E-state index is 13.4. The molecular formula is C73H129NO18. The van der Waals surface area contributed by atoms with Crippen molar-refractivity contribution in [3.63, 3.8) is 0 Å². The van der Waals surface area contributed by atoms with Crippen molar-refractivity contribution in [1.82, 2.24) is 5.32 Å². The molecule has 17 unspecified atom stereocenters. The fourth-order valence-corrected chi connectivity index (χ4v) is 11.8. The van der Waals surface area contributed by atoms with Gasteiger partial charge in [0.2, 0.25) is 5.91 Å². The third kappa shape index (κ3) is 35.5. The highest BCUT2D eigenvalue weighted by Gasteiger charge is 2.53. The smallest absolute Gasteiger partial charge is 0.220 e. The molecule has 3 aliphatic heterocycles. The van der Waals surface area contributed by atoms with Crippen LogP contribution in [0.15, 0.2) is 72.9 Å². The Balaban J connectivity index is 1.39. The summed E-state index contributed by atoms with van der Waals surface area (Å²) in [6.07, 6.45) is 41.7. The van der Waals surface area contributed by atoms with Crippen LogP contribution in [-0.2, 0) is 33.2 Å². The van der Waals surface area contributed by atoms with Gasteiger partial charge >= 0.3 is 0 Å². The summed E-state index contributed by atoms with van der Waals surface area (Å²) in [7, 11) is 0. The van der Waals surface area contributed by atoms with Gasteiger partial charge < -0.3 is 89.9 Å². The van der Waals surface area contributed by atoms with E-state index in [1.54, 1.807) is 6.08 Å². The molecule has 12 N–H and O–H groups in total. The summed E-state index contributed by atoms with van der Waals surface area (Å²) in [5.41, 5.74) is 0. The lowest BCUT2D eigenvalue weighted by atomic mass is 9.96. The molecule has 0 bridgehead atoms. The van der Waals surface area contributed by atoms with E-state index in [9.17, 15) is 61.0 Å². The zero-order valence-corrected chi connectivity index (χ0v) is 56.5. The number of aliphatic hydroxyl groups is 11.